The van der Waals surface area contributed by atoms with Crippen molar-refractivity contribution in [2.24, 2.45) is 14.1 Å². The Hall–Kier alpha value is -3.22. The van der Waals surface area contributed by atoms with E-state index in [-0.39, 0.29) is 16.7 Å². The fourth-order valence-corrected chi connectivity index (χ4v) is 2.82. The lowest BCUT2D eigenvalue weighted by atomic mass is 10.1. The van der Waals surface area contributed by atoms with E-state index in [2.05, 4.69) is 10.3 Å². The summed E-state index contributed by atoms with van der Waals surface area (Å²) >= 11 is 0. The number of nitrogens with zero attached hydrogens (tertiary/aromatic N) is 3. The first kappa shape index (κ1) is 16.6. The maximum absolute atomic E-state index is 12.5. The number of fused-ring (bicyclic) bond motifs is 1. The summed E-state index contributed by atoms with van der Waals surface area (Å²) in [6, 6.07) is 8.72. The van der Waals surface area contributed by atoms with Gasteiger partial charge in [-0.2, -0.15) is 0 Å². The third kappa shape index (κ3) is 2.96. The van der Waals surface area contributed by atoms with Crippen LogP contribution in [0.3, 0.4) is 0 Å². The van der Waals surface area contributed by atoms with E-state index in [0.717, 1.165) is 15.7 Å². The zero-order valence-electron chi connectivity index (χ0n) is 14.5. The Labute approximate surface area is 143 Å². The van der Waals surface area contributed by atoms with Crippen LogP contribution in [0.5, 0.6) is 0 Å². The topological polar surface area (TPSA) is 86.0 Å². The van der Waals surface area contributed by atoms with Gasteiger partial charge in [-0.05, 0) is 49.2 Å². The number of benzene rings is 1. The zero-order chi connectivity index (χ0) is 18.3. The lowest BCUT2D eigenvalue weighted by Gasteiger charge is -2.09. The van der Waals surface area contributed by atoms with Gasteiger partial charge in [0.15, 0.2) is 0 Å². The lowest BCUT2D eigenvalue weighted by molar-refractivity contribution is 0.102. The van der Waals surface area contributed by atoms with E-state index >= 15 is 0 Å². The van der Waals surface area contributed by atoms with Crippen molar-refractivity contribution in [1.29, 1.82) is 0 Å². The Morgan fingerprint density at radius 2 is 1.64 bits per heavy atom. The summed E-state index contributed by atoms with van der Waals surface area (Å²) in [4.78, 5) is 40.9. The maximum Gasteiger partial charge on any atom is 0.332 e. The summed E-state index contributed by atoms with van der Waals surface area (Å²) in [5.74, 6) is -0.403. The van der Waals surface area contributed by atoms with Gasteiger partial charge in [0.2, 0.25) is 0 Å². The molecule has 1 N–H and O–H groups in total. The number of carbonyl (C=O) groups is 1. The minimum Gasteiger partial charge on any atom is -0.321 e. The predicted molar refractivity (Wildman–Crippen MR) is 96.1 cm³/mol. The molecule has 0 saturated carbocycles. The van der Waals surface area contributed by atoms with Gasteiger partial charge in [0.1, 0.15) is 11.3 Å². The number of hydrogen-bond donors (Lipinski definition) is 1. The minimum atomic E-state index is -0.489. The van der Waals surface area contributed by atoms with Crippen molar-refractivity contribution >= 4 is 22.6 Å². The number of rotatable bonds is 2. The molecule has 0 bridgehead atoms. The highest BCUT2D eigenvalue weighted by Gasteiger charge is 2.14. The second-order valence-electron chi connectivity index (χ2n) is 6.10. The molecular formula is C18H18N4O3. The van der Waals surface area contributed by atoms with Crippen molar-refractivity contribution < 1.29 is 4.79 Å². The summed E-state index contributed by atoms with van der Waals surface area (Å²) < 4.78 is 2.27. The molecule has 3 aromatic rings. The standard InChI is InChI=1S/C18H18N4O3/c1-10-7-11(2)9-12(8-10)19-16(23)14-6-5-13-15(20-14)21(3)18(25)22(4)17(13)24/h5-9H,1-4H3,(H,19,23). The predicted octanol–water partition coefficient (Wildman–Crippen LogP) is 1.50. The molecule has 3 rings (SSSR count). The number of aryl methyl sites for hydroxylation is 3. The highest BCUT2D eigenvalue weighted by atomic mass is 16.2. The molecule has 25 heavy (non-hydrogen) atoms. The number of aromatic nitrogens is 3. The van der Waals surface area contributed by atoms with Gasteiger partial charge in [-0.3, -0.25) is 18.7 Å². The summed E-state index contributed by atoms with van der Waals surface area (Å²) in [5.41, 5.74) is 2.13. The van der Waals surface area contributed by atoms with E-state index < -0.39 is 17.2 Å². The monoisotopic (exact) mass is 338 g/mol. The molecule has 0 fully saturated rings. The number of pyridine rings is 1. The summed E-state index contributed by atoms with van der Waals surface area (Å²) in [5, 5.41) is 3.08. The Kier molecular flexibility index (Phi) is 4.00. The number of carbonyl (C=O) groups excluding carboxylic acids is 1. The van der Waals surface area contributed by atoms with Crippen molar-refractivity contribution in [3.05, 3.63) is 68.0 Å². The molecule has 1 aromatic carbocycles. The van der Waals surface area contributed by atoms with Crippen LogP contribution in [0.4, 0.5) is 5.69 Å². The average Bonchev–Trinajstić information content (AvgIpc) is 2.56. The molecule has 7 heteroatoms. The smallest absolute Gasteiger partial charge is 0.321 e. The molecule has 7 nitrogen and oxygen atoms in total. The molecule has 0 aliphatic rings. The third-order valence-corrected chi connectivity index (χ3v) is 4.01. The van der Waals surface area contributed by atoms with Crippen molar-refractivity contribution in [2.45, 2.75) is 13.8 Å². The molecule has 128 valence electrons. The molecule has 0 radical (unpaired) electrons. The van der Waals surface area contributed by atoms with E-state index in [1.165, 1.54) is 30.8 Å². The molecule has 0 atom stereocenters. The third-order valence-electron chi connectivity index (χ3n) is 4.01. The Morgan fingerprint density at radius 1 is 1.00 bits per heavy atom. The van der Waals surface area contributed by atoms with E-state index in [1.807, 2.05) is 32.0 Å². The maximum atomic E-state index is 12.5. The van der Waals surface area contributed by atoms with E-state index in [0.29, 0.717) is 5.69 Å². The second kappa shape index (κ2) is 6.01. The highest BCUT2D eigenvalue weighted by Crippen LogP contribution is 2.15. The van der Waals surface area contributed by atoms with Crippen LogP contribution >= 0.6 is 0 Å². The van der Waals surface area contributed by atoms with E-state index in [9.17, 15) is 14.4 Å². The molecular weight excluding hydrogens is 320 g/mol. The van der Waals surface area contributed by atoms with Gasteiger partial charge in [-0.25, -0.2) is 9.78 Å². The van der Waals surface area contributed by atoms with Gasteiger partial charge in [-0.15, -0.1) is 0 Å². The SMILES string of the molecule is Cc1cc(C)cc(NC(=O)c2ccc3c(=O)n(C)c(=O)n(C)c3n2)c1. The first-order chi connectivity index (χ1) is 11.8. The van der Waals surface area contributed by atoms with E-state index in [1.54, 1.807) is 0 Å². The normalized spacial score (nSPS) is 10.9. The summed E-state index contributed by atoms with van der Waals surface area (Å²) in [7, 11) is 2.92. The van der Waals surface area contributed by atoms with Crippen LogP contribution in [0.25, 0.3) is 11.0 Å². The van der Waals surface area contributed by atoms with Crippen LogP contribution in [0.2, 0.25) is 0 Å². The van der Waals surface area contributed by atoms with Gasteiger partial charge in [0.25, 0.3) is 11.5 Å². The molecule has 0 aliphatic heterocycles. The highest BCUT2D eigenvalue weighted by molar-refractivity contribution is 6.03. The Bertz CT molecular complexity index is 1110. The average molecular weight is 338 g/mol. The van der Waals surface area contributed by atoms with Gasteiger partial charge < -0.3 is 5.32 Å². The minimum absolute atomic E-state index is 0.134. The largest absolute Gasteiger partial charge is 0.332 e. The molecule has 0 spiro atoms. The molecule has 1 amide bonds. The number of anilines is 1. The van der Waals surface area contributed by atoms with Gasteiger partial charge >= 0.3 is 5.69 Å². The summed E-state index contributed by atoms with van der Waals surface area (Å²) in [6.07, 6.45) is 0. The number of nitrogens with one attached hydrogen (secondary N) is 1. The first-order valence-electron chi connectivity index (χ1n) is 7.74. The summed E-state index contributed by atoms with van der Waals surface area (Å²) in [6.45, 7) is 3.89. The second-order valence-corrected chi connectivity index (χ2v) is 6.10. The van der Waals surface area contributed by atoms with Crippen molar-refractivity contribution in [2.75, 3.05) is 5.32 Å². The quantitative estimate of drug-likeness (QED) is 0.767. The van der Waals surface area contributed by atoms with Gasteiger partial charge in [0, 0.05) is 19.8 Å². The van der Waals surface area contributed by atoms with Gasteiger partial charge in [-0.1, -0.05) is 6.07 Å². The fourth-order valence-electron chi connectivity index (χ4n) is 2.82. The fraction of sp³-hybridized carbons (Fsp3) is 0.222. The zero-order valence-corrected chi connectivity index (χ0v) is 14.5. The molecule has 0 aliphatic carbocycles. The number of amides is 1. The van der Waals surface area contributed by atoms with Crippen LogP contribution in [0.1, 0.15) is 21.6 Å². The van der Waals surface area contributed by atoms with E-state index in [4.69, 9.17) is 0 Å². The Morgan fingerprint density at radius 3 is 2.28 bits per heavy atom. The number of hydrogen-bond acceptors (Lipinski definition) is 4. The molecule has 2 heterocycles. The van der Waals surface area contributed by atoms with Crippen LogP contribution in [0.15, 0.2) is 39.9 Å². The van der Waals surface area contributed by atoms with Crippen LogP contribution in [0, 0.1) is 13.8 Å². The van der Waals surface area contributed by atoms with Crippen LogP contribution in [-0.2, 0) is 14.1 Å². The van der Waals surface area contributed by atoms with Crippen LogP contribution in [-0.4, -0.2) is 20.0 Å². The lowest BCUT2D eigenvalue weighted by Crippen LogP contribution is -2.37. The molecule has 0 unspecified atom stereocenters. The first-order valence-corrected chi connectivity index (χ1v) is 7.74. The molecule has 2 aromatic heterocycles. The Balaban J connectivity index is 2.06. The molecule has 0 saturated heterocycles. The van der Waals surface area contributed by atoms with Crippen LogP contribution < -0.4 is 16.6 Å². The van der Waals surface area contributed by atoms with Crippen molar-refractivity contribution in [3.8, 4) is 0 Å². The van der Waals surface area contributed by atoms with Crippen molar-refractivity contribution in [1.82, 2.24) is 14.1 Å². The van der Waals surface area contributed by atoms with Crippen molar-refractivity contribution in [3.63, 3.8) is 0 Å². The van der Waals surface area contributed by atoms with Gasteiger partial charge in [0.05, 0.1) is 5.39 Å².